The number of hydrogen-bond acceptors (Lipinski definition) is 5. The molecule has 0 N–H and O–H groups in total. The number of rotatable bonds is 8. The Morgan fingerprint density at radius 1 is 0.192 bits per heavy atom. The first-order valence-electron chi connectivity index (χ1n) is 24.7. The lowest BCUT2D eigenvalue weighted by molar-refractivity contribution is 0.668. The molecule has 12 aromatic carbocycles. The summed E-state index contributed by atoms with van der Waals surface area (Å²) >= 11 is 0. The summed E-state index contributed by atoms with van der Waals surface area (Å²) in [6.45, 7) is 0. The monoisotopic (exact) mass is 934 g/mol. The van der Waals surface area contributed by atoms with Gasteiger partial charge in [-0.15, -0.1) is 0 Å². The van der Waals surface area contributed by atoms with Crippen molar-refractivity contribution in [2.45, 2.75) is 0 Å². The third kappa shape index (κ3) is 6.85. The van der Waals surface area contributed by atoms with E-state index in [0.29, 0.717) is 0 Å². The second-order valence-electron chi connectivity index (χ2n) is 18.9. The molecule has 3 heterocycles. The zero-order valence-electron chi connectivity index (χ0n) is 39.4. The maximum absolute atomic E-state index is 6.51. The van der Waals surface area contributed by atoms with Crippen LogP contribution in [0.4, 0.5) is 34.1 Å². The fraction of sp³-hybridized carbons (Fsp3) is 0. The van der Waals surface area contributed by atoms with Gasteiger partial charge in [-0.25, -0.2) is 0 Å². The lowest BCUT2D eigenvalue weighted by Gasteiger charge is -2.30. The van der Waals surface area contributed by atoms with Gasteiger partial charge >= 0.3 is 0 Å². The highest BCUT2D eigenvalue weighted by Gasteiger charge is 2.22. The lowest BCUT2D eigenvalue weighted by Crippen LogP contribution is -2.13. The van der Waals surface area contributed by atoms with Crippen molar-refractivity contribution in [1.82, 2.24) is 0 Å². The Bertz CT molecular complexity index is 4450. The van der Waals surface area contributed by atoms with Gasteiger partial charge in [0.15, 0.2) is 0 Å². The van der Waals surface area contributed by atoms with Gasteiger partial charge in [0.05, 0.1) is 0 Å². The highest BCUT2D eigenvalue weighted by atomic mass is 16.3. The molecule has 342 valence electrons. The van der Waals surface area contributed by atoms with E-state index in [0.717, 1.165) is 122 Å². The fourth-order valence-electron chi connectivity index (χ4n) is 11.1. The van der Waals surface area contributed by atoms with Crippen LogP contribution in [0.2, 0.25) is 0 Å². The van der Waals surface area contributed by atoms with E-state index in [-0.39, 0.29) is 0 Å². The minimum Gasteiger partial charge on any atom is -0.456 e. The maximum Gasteiger partial charge on any atom is 0.137 e. The largest absolute Gasteiger partial charge is 0.456 e. The Kier molecular flexibility index (Phi) is 9.19. The van der Waals surface area contributed by atoms with Gasteiger partial charge in [0.1, 0.15) is 33.5 Å². The second kappa shape index (κ2) is 16.4. The van der Waals surface area contributed by atoms with Crippen molar-refractivity contribution in [2.75, 3.05) is 9.80 Å². The predicted octanol–water partition coefficient (Wildman–Crippen LogP) is 20.0. The Morgan fingerprint density at radius 3 is 1.25 bits per heavy atom. The maximum atomic E-state index is 6.51. The number of anilines is 6. The summed E-state index contributed by atoms with van der Waals surface area (Å²) in [4.78, 5) is 4.66. The average molecular weight is 935 g/mol. The van der Waals surface area contributed by atoms with Crippen LogP contribution >= 0.6 is 0 Å². The van der Waals surface area contributed by atoms with Gasteiger partial charge in [0, 0.05) is 78.6 Å². The topological polar surface area (TPSA) is 45.9 Å². The second-order valence-corrected chi connectivity index (χ2v) is 18.9. The molecule has 0 amide bonds. The third-order valence-electron chi connectivity index (χ3n) is 14.6. The SMILES string of the molecule is c1ccc(N(c2cc(-c3ccc(-c4ccc5oc6cc7ccc8ccccc8c7cc6c5c4)cc3)cc(N(c3ccccc3)c3ccc4c(c3)oc3ccccc34)c2)c2ccc3c(c2)oc2ccccc23)cc1. The van der Waals surface area contributed by atoms with Crippen molar-refractivity contribution >= 4 is 121 Å². The molecule has 0 saturated carbocycles. The van der Waals surface area contributed by atoms with Crippen LogP contribution in [-0.4, -0.2) is 0 Å². The van der Waals surface area contributed by atoms with Gasteiger partial charge in [-0.1, -0.05) is 140 Å². The number of para-hydroxylation sites is 4. The van der Waals surface area contributed by atoms with E-state index < -0.39 is 0 Å². The zero-order chi connectivity index (χ0) is 48.0. The normalized spacial score (nSPS) is 11.8. The van der Waals surface area contributed by atoms with E-state index in [1.165, 1.54) is 21.5 Å². The molecule has 0 aliphatic rings. The fourth-order valence-corrected chi connectivity index (χ4v) is 11.1. The van der Waals surface area contributed by atoms with E-state index in [1.54, 1.807) is 0 Å². The molecule has 73 heavy (non-hydrogen) atoms. The highest BCUT2D eigenvalue weighted by molar-refractivity contribution is 6.17. The van der Waals surface area contributed by atoms with Crippen LogP contribution in [0.25, 0.3) is 110 Å². The van der Waals surface area contributed by atoms with E-state index in [2.05, 4.69) is 240 Å². The molecule has 5 heteroatoms. The Morgan fingerprint density at radius 2 is 0.644 bits per heavy atom. The summed E-state index contributed by atoms with van der Waals surface area (Å²) in [6, 6.07) is 90.6. The molecule has 0 saturated heterocycles. The number of furan rings is 3. The molecular weight excluding hydrogens is 893 g/mol. The lowest BCUT2D eigenvalue weighted by atomic mass is 9.97. The van der Waals surface area contributed by atoms with Gasteiger partial charge in [-0.05, 0) is 147 Å². The van der Waals surface area contributed by atoms with Gasteiger partial charge in [0.2, 0.25) is 0 Å². The van der Waals surface area contributed by atoms with Crippen molar-refractivity contribution in [3.05, 3.63) is 255 Å². The predicted molar refractivity (Wildman–Crippen MR) is 304 cm³/mol. The minimum absolute atomic E-state index is 0.833. The molecule has 0 fully saturated rings. The van der Waals surface area contributed by atoms with Crippen molar-refractivity contribution in [3.63, 3.8) is 0 Å². The van der Waals surface area contributed by atoms with Crippen molar-refractivity contribution < 1.29 is 13.3 Å². The van der Waals surface area contributed by atoms with Crippen LogP contribution in [-0.2, 0) is 0 Å². The number of benzene rings is 12. The van der Waals surface area contributed by atoms with E-state index in [1.807, 2.05) is 24.3 Å². The zero-order valence-corrected chi connectivity index (χ0v) is 39.4. The van der Waals surface area contributed by atoms with Crippen LogP contribution in [0.3, 0.4) is 0 Å². The molecule has 0 atom stereocenters. The van der Waals surface area contributed by atoms with Crippen LogP contribution < -0.4 is 9.80 Å². The summed E-state index contributed by atoms with van der Waals surface area (Å²) in [5.74, 6) is 0. The first-order chi connectivity index (χ1) is 36.1. The summed E-state index contributed by atoms with van der Waals surface area (Å²) in [5, 5.41) is 11.5. The molecule has 0 aliphatic heterocycles. The van der Waals surface area contributed by atoms with Crippen LogP contribution in [0.5, 0.6) is 0 Å². The Balaban J connectivity index is 0.900. The van der Waals surface area contributed by atoms with Crippen molar-refractivity contribution in [1.29, 1.82) is 0 Å². The smallest absolute Gasteiger partial charge is 0.137 e. The minimum atomic E-state index is 0.833. The molecule has 0 bridgehead atoms. The molecule has 15 rings (SSSR count). The first kappa shape index (κ1) is 41.0. The average Bonchev–Trinajstić information content (AvgIpc) is 4.14. The van der Waals surface area contributed by atoms with Crippen LogP contribution in [0.15, 0.2) is 268 Å². The number of nitrogens with zero attached hydrogens (tertiary/aromatic N) is 2. The van der Waals surface area contributed by atoms with Crippen LogP contribution in [0, 0.1) is 0 Å². The Hall–Kier alpha value is -9.84. The Labute approximate surface area is 419 Å². The van der Waals surface area contributed by atoms with E-state index in [4.69, 9.17) is 13.3 Å². The quantitative estimate of drug-likeness (QED) is 0.142. The molecule has 0 spiro atoms. The molecule has 3 aromatic heterocycles. The third-order valence-corrected chi connectivity index (χ3v) is 14.6. The highest BCUT2D eigenvalue weighted by Crippen LogP contribution is 2.46. The van der Waals surface area contributed by atoms with Gasteiger partial charge in [0.25, 0.3) is 0 Å². The molecule has 15 aromatic rings. The first-order valence-corrected chi connectivity index (χ1v) is 24.7. The van der Waals surface area contributed by atoms with Crippen molar-refractivity contribution in [2.24, 2.45) is 0 Å². The van der Waals surface area contributed by atoms with E-state index in [9.17, 15) is 0 Å². The summed E-state index contributed by atoms with van der Waals surface area (Å²) in [7, 11) is 0. The van der Waals surface area contributed by atoms with Gasteiger partial charge in [-0.2, -0.15) is 0 Å². The molecule has 0 unspecified atom stereocenters. The summed E-state index contributed by atoms with van der Waals surface area (Å²) in [5.41, 5.74) is 15.6. The summed E-state index contributed by atoms with van der Waals surface area (Å²) in [6.07, 6.45) is 0. The number of fused-ring (bicyclic) bond motifs is 12. The van der Waals surface area contributed by atoms with E-state index >= 15 is 0 Å². The molecule has 0 radical (unpaired) electrons. The number of hydrogen-bond donors (Lipinski definition) is 0. The molecule has 0 aliphatic carbocycles. The molecular formula is C68H42N2O3. The van der Waals surface area contributed by atoms with Crippen LogP contribution in [0.1, 0.15) is 0 Å². The van der Waals surface area contributed by atoms with Gasteiger partial charge < -0.3 is 23.1 Å². The summed E-state index contributed by atoms with van der Waals surface area (Å²) < 4.78 is 19.5. The van der Waals surface area contributed by atoms with Crippen molar-refractivity contribution in [3.8, 4) is 22.3 Å². The van der Waals surface area contributed by atoms with Gasteiger partial charge in [-0.3, -0.25) is 0 Å². The molecule has 5 nitrogen and oxygen atoms in total. The standard InChI is InChI=1S/C68H42N2O3/c1-3-14-49(15-4-1)69(51-30-32-58-56-19-9-11-21-63(56)71-67(58)40-51)53-35-48(36-54(39-53)70(50-16-5-2-6-17-50)52-31-33-59-57-20-10-12-22-64(57)72-68(59)41-52)44-25-23-43(24-26-44)46-29-34-65-61(37-46)62-42-60-47(38-66(62)73-65)28-27-45-13-7-8-18-55(45)60/h1-42H.